The lowest BCUT2D eigenvalue weighted by Crippen LogP contribution is -2.53. The molecule has 0 radical (unpaired) electrons. The number of nitrogens with zero attached hydrogens (tertiary/aromatic N) is 25. The SMILES string of the molecule is [2H]c1c(C)[nH]c2ncnc(N(C([2H])([2H])[2H])[C@@]3([2H])CN(C(=O)C([2H])([2H])[N+]#[C-])CC[C@@]3([2H])C([2H])([2H])[2H])c12.[2H]c1c(C)[nH]c2ncnc(N(C([2H])([2H])[2H])[C@@]3([2H])CN(C(=O)C([2H])([2H])[N+]#[C-])CC[C@@]3([2H])C)c12.[2H]c1c(C)[nH]c2ncnc(N(C([2H])([2H])[2H])[C@@]3([2H])CN(C(=O)C([2H])([2H])[N+]#[C-])CC[C@H]3C([2H])([2H])[2H])c12.[2H]c1c(C)[nH]c2ncnc(N(C([2H])([2H])[2H])[C@@]3([2H])CN(C(=O)C([2H])([2H])[N+]#[C-])CC[C@H]3C)c12.[2H]c1c(C)[nH]c2ncnc(N([C@H]3CN(C(=O)C([2H])([2H])[N+]#[C-])CC[C@@]3([2H])C([2H])([2H])[2H])C([2H])([2H])[2H])c12. The summed E-state index contributed by atoms with van der Waals surface area (Å²) < 4.78 is 375. The Morgan fingerprint density at radius 1 is 0.375 bits per heavy atom. The van der Waals surface area contributed by atoms with E-state index < -0.39 is 235 Å². The van der Waals surface area contributed by atoms with Crippen molar-refractivity contribution in [2.45, 2.75) is 131 Å². The molecule has 5 amide bonds. The molecule has 5 aliphatic rings. The second-order valence-corrected chi connectivity index (χ2v) is 27.4. The maximum Gasteiger partial charge on any atom is 0.302 e. The molecule has 120 heavy (non-hydrogen) atoms. The normalized spacial score (nSPS) is 32.2. The van der Waals surface area contributed by atoms with Gasteiger partial charge in [0.2, 0.25) is 0 Å². The number of rotatable bonds is 15. The number of nitrogens with one attached hydrogen (secondary N) is 5. The molecule has 35 heteroatoms. The molecule has 0 unspecified atom stereocenters. The molecule has 0 aliphatic carbocycles. The van der Waals surface area contributed by atoms with E-state index in [2.05, 4.69) is 99.0 Å². The second kappa shape index (κ2) is 39.4. The minimum absolute atomic E-state index is 0.00366. The first kappa shape index (κ1) is 45.2. The number of piperidine rings is 5. The number of H-pyrrole nitrogens is 5. The number of likely N-dealkylation sites (N-methyl/N-ethyl adjacent to an activating group) is 5. The van der Waals surface area contributed by atoms with E-state index in [0.29, 0.717) is 53.0 Å². The average Bonchev–Trinajstić information content (AvgIpc) is 1.41. The van der Waals surface area contributed by atoms with E-state index in [1.54, 1.807) is 34.6 Å². The van der Waals surface area contributed by atoms with Crippen molar-refractivity contribution >= 4 is 114 Å². The van der Waals surface area contributed by atoms with Gasteiger partial charge in [-0.3, -0.25) is 24.0 Å². The molecule has 10 aromatic heterocycles. The summed E-state index contributed by atoms with van der Waals surface area (Å²) in [6.07, 6.45) is 3.76. The van der Waals surface area contributed by atoms with Crippen LogP contribution >= 0.6 is 0 Å². The van der Waals surface area contributed by atoms with Gasteiger partial charge >= 0.3 is 29.5 Å². The molecule has 35 nitrogen and oxygen atoms in total. The molecule has 0 saturated carbocycles. The molecular formula is C85H110N30O5. The molecule has 15 heterocycles. The summed E-state index contributed by atoms with van der Waals surface area (Å²) in [5.41, 5.74) is 2.62. The zero-order valence-corrected chi connectivity index (χ0v) is 65.4. The minimum Gasteiger partial charge on any atom is -0.354 e. The van der Waals surface area contributed by atoms with Crippen molar-refractivity contribution in [3.05, 3.63) is 147 Å². The van der Waals surface area contributed by atoms with Crippen LogP contribution in [-0.2, 0) is 24.0 Å². The Balaban J connectivity index is 0.000000194. The zero-order chi connectivity index (χ0) is 126. The van der Waals surface area contributed by atoms with Crippen LogP contribution < -0.4 is 24.5 Å². The van der Waals surface area contributed by atoms with Crippen molar-refractivity contribution < 1.29 is 87.0 Å². The standard InChI is InChI=1S/5C17H22N6O/c5*1-11-5-6-23(15(24)8-18-3)9-14(11)22(4)17-13-7-12(2)21-16(13)19-10-20-17/h5*7,10-11,14H,5-6,8-9H2,1-2,4H3,(H,19,20,21)/t5*11-,14+/m11111/s1/i1D3,4D3,7D,8D2,11D,14D;4D3,7D,8D2,11D,14D;1D3,4D3,7D,8D2,14D;1D3,4D3,7D,8D2,11D;4D3,7D,8D2,14D. The van der Waals surface area contributed by atoms with Gasteiger partial charge < -0.3 is 98.1 Å². The van der Waals surface area contributed by atoms with Gasteiger partial charge in [0, 0.05) is 166 Å². The first-order chi connectivity index (χ1) is 75.5. The molecule has 0 bridgehead atoms. The van der Waals surface area contributed by atoms with Crippen molar-refractivity contribution in [3.8, 4) is 0 Å². The molecule has 5 saturated heterocycles. The fourth-order valence-corrected chi connectivity index (χ4v) is 13.3. The van der Waals surface area contributed by atoms with E-state index in [4.69, 9.17) is 93.2 Å². The van der Waals surface area contributed by atoms with Crippen molar-refractivity contribution in [2.24, 2.45) is 29.5 Å². The highest BCUT2D eigenvalue weighted by Crippen LogP contribution is 2.36. The van der Waals surface area contributed by atoms with Gasteiger partial charge in [-0.25, -0.2) is 82.7 Å². The Morgan fingerprint density at radius 3 is 0.942 bits per heavy atom. The first-order valence-corrected chi connectivity index (χ1v) is 36.4. The lowest BCUT2D eigenvalue weighted by atomic mass is 9.92. The zero-order valence-electron chi connectivity index (χ0n) is 111. The largest absolute Gasteiger partial charge is 0.354 e. The Hall–Kier alpha value is -13.1. The van der Waals surface area contributed by atoms with E-state index in [1.807, 2.05) is 0 Å². The van der Waals surface area contributed by atoms with Gasteiger partial charge in [0.1, 0.15) is 103 Å². The van der Waals surface area contributed by atoms with Gasteiger partial charge in [0.05, 0.1) is 69.4 Å². The minimum atomic E-state index is -3.29. The highest BCUT2D eigenvalue weighted by atomic mass is 16.2. The fraction of sp³-hybridized carbons (Fsp3) is 0.529. The van der Waals surface area contributed by atoms with Gasteiger partial charge in [0.25, 0.3) is 32.5 Å². The molecule has 5 N–H and O–H groups in total. The Morgan fingerprint density at radius 2 is 0.633 bits per heavy atom. The van der Waals surface area contributed by atoms with Gasteiger partial charge in [-0.05, 0) is 126 Å². The van der Waals surface area contributed by atoms with Crippen molar-refractivity contribution in [1.29, 1.82) is 0 Å². The molecule has 5 fully saturated rings. The summed E-state index contributed by atoms with van der Waals surface area (Å²) in [5.74, 6) is -16.9. The molecule has 630 valence electrons. The third-order valence-electron chi connectivity index (χ3n) is 19.5. The Bertz CT molecular complexity index is 7740. The number of hydrogen-bond acceptors (Lipinski definition) is 20. The van der Waals surface area contributed by atoms with Crippen LogP contribution in [0.5, 0.6) is 0 Å². The van der Waals surface area contributed by atoms with Gasteiger partial charge in [-0.15, -0.1) is 0 Å². The fourth-order valence-electron chi connectivity index (χ4n) is 13.3. The van der Waals surface area contributed by atoms with Gasteiger partial charge in [-0.1, -0.05) is 34.4 Å². The molecule has 10 aromatic rings. The van der Waals surface area contributed by atoms with E-state index in [9.17, 15) is 26.7 Å². The summed E-state index contributed by atoms with van der Waals surface area (Å²) in [7, 11) is 0. The molecule has 10 atom stereocenters. The maximum atomic E-state index is 12.7. The quantitative estimate of drug-likeness (QED) is 0.0597. The predicted molar refractivity (Wildman–Crippen MR) is 463 cm³/mol. The lowest BCUT2D eigenvalue weighted by Gasteiger charge is -2.41. The summed E-state index contributed by atoms with van der Waals surface area (Å²) in [4.78, 5) is 138. The van der Waals surface area contributed by atoms with E-state index in [-0.39, 0.29) is 154 Å². The number of aromatic nitrogens is 15. The lowest BCUT2D eigenvalue weighted by molar-refractivity contribution is -0.131. The number of fused-ring (bicyclic) bond motifs is 5. The van der Waals surface area contributed by atoms with Crippen LogP contribution in [0.2, 0.25) is 0 Å². The van der Waals surface area contributed by atoms with E-state index in [0.717, 1.165) is 56.1 Å². The Labute approximate surface area is 764 Å². The topological polar surface area (TPSA) is 347 Å². The number of amides is 5. The van der Waals surface area contributed by atoms with E-state index >= 15 is 0 Å². The number of anilines is 5. The molecule has 15 rings (SSSR count). The summed E-state index contributed by atoms with van der Waals surface area (Å²) in [6, 6.07) is -11.9. The monoisotopic (exact) mass is 1680 g/mol. The third-order valence-corrected chi connectivity index (χ3v) is 19.5. The number of carbonyl (C=O) groups is 5. The van der Waals surface area contributed by atoms with Crippen molar-refractivity contribution in [1.82, 2.24) is 99.3 Å². The molecule has 0 spiro atoms. The predicted octanol–water partition coefficient (Wildman–Crippen LogP) is 9.29. The van der Waals surface area contributed by atoms with Crippen molar-refractivity contribution in [2.75, 3.05) is 157 Å². The smallest absolute Gasteiger partial charge is 0.302 e. The number of aromatic amines is 5. The van der Waals surface area contributed by atoms with Crippen molar-refractivity contribution in [3.63, 3.8) is 0 Å². The van der Waals surface area contributed by atoms with Crippen LogP contribution in [0, 0.1) is 97.0 Å². The van der Waals surface area contributed by atoms with Crippen LogP contribution in [0.15, 0.2) is 61.8 Å². The second-order valence-electron chi connectivity index (χ2n) is 27.4. The number of hydrogen-bond donors (Lipinski definition) is 5. The van der Waals surface area contributed by atoms with Crippen LogP contribution in [0.3, 0.4) is 0 Å². The molecular weight excluding hydrogens is 1520 g/mol. The summed E-state index contributed by atoms with van der Waals surface area (Å²) in [6.45, 7) is 1.94. The van der Waals surface area contributed by atoms with E-state index in [1.165, 1.54) is 13.8 Å². The number of aryl methyl sites for hydroxylation is 5. The van der Waals surface area contributed by atoms with Crippen LogP contribution in [0.25, 0.3) is 79.4 Å². The maximum absolute atomic E-state index is 12.7. The summed E-state index contributed by atoms with van der Waals surface area (Å²) in [5, 5.41) is 0.0508. The van der Waals surface area contributed by atoms with Crippen LogP contribution in [0.4, 0.5) is 29.1 Å². The summed E-state index contributed by atoms with van der Waals surface area (Å²) >= 11 is 0. The highest BCUT2D eigenvalue weighted by Gasteiger charge is 2.39. The number of carbonyl (C=O) groups excluding carboxylic acids is 5. The van der Waals surface area contributed by atoms with Gasteiger partial charge in [0.15, 0.2) is 0 Å². The van der Waals surface area contributed by atoms with Crippen LogP contribution in [0.1, 0.15) is 158 Å². The molecule has 0 aromatic carbocycles. The third kappa shape index (κ3) is 20.2. The van der Waals surface area contributed by atoms with Gasteiger partial charge in [-0.2, -0.15) is 0 Å². The Kier molecular flexibility index (Phi) is 14.8. The first-order valence-electron chi connectivity index (χ1n) is 59.4. The molecule has 5 aliphatic heterocycles. The number of likely N-dealkylation sites (tertiary alicyclic amines) is 5. The van der Waals surface area contributed by atoms with Crippen LogP contribution in [-0.4, -0.2) is 292 Å². The highest BCUT2D eigenvalue weighted by molar-refractivity contribution is 5.92. The average molecular weight is 1680 g/mol.